The number of carbonyl (C=O) groups is 1. The van der Waals surface area contributed by atoms with E-state index in [9.17, 15) is 4.79 Å². The van der Waals surface area contributed by atoms with Crippen molar-refractivity contribution in [3.63, 3.8) is 0 Å². The molecule has 29 heavy (non-hydrogen) atoms. The average Bonchev–Trinajstić information content (AvgIpc) is 3.27. The number of likely N-dealkylation sites (tertiary alicyclic amines) is 1. The molecule has 162 valence electrons. The molecule has 1 amide bonds. The maximum atomic E-state index is 11.9. The zero-order chi connectivity index (χ0) is 21.1. The highest BCUT2D eigenvalue weighted by Gasteiger charge is 2.23. The third-order valence-corrected chi connectivity index (χ3v) is 5.43. The molecule has 0 spiro atoms. The van der Waals surface area contributed by atoms with Gasteiger partial charge in [-0.1, -0.05) is 19.1 Å². The Morgan fingerprint density at radius 3 is 2.48 bits per heavy atom. The van der Waals surface area contributed by atoms with E-state index in [0.29, 0.717) is 13.0 Å². The van der Waals surface area contributed by atoms with Gasteiger partial charge in [-0.2, -0.15) is 0 Å². The highest BCUT2D eigenvalue weighted by molar-refractivity contribution is 5.81. The lowest BCUT2D eigenvalue weighted by Gasteiger charge is -2.29. The fourth-order valence-corrected chi connectivity index (χ4v) is 3.49. The highest BCUT2D eigenvalue weighted by atomic mass is 16.5. The van der Waals surface area contributed by atoms with Gasteiger partial charge in [-0.25, -0.2) is 0 Å². The van der Waals surface area contributed by atoms with Crippen LogP contribution >= 0.6 is 0 Å². The maximum absolute atomic E-state index is 11.9. The van der Waals surface area contributed by atoms with Crippen LogP contribution in [0.15, 0.2) is 29.3 Å². The first kappa shape index (κ1) is 23.0. The summed E-state index contributed by atoms with van der Waals surface area (Å²) in [6.07, 6.45) is 3.85. The minimum absolute atomic E-state index is 0.0653. The fourth-order valence-electron chi connectivity index (χ4n) is 3.49. The van der Waals surface area contributed by atoms with Crippen LogP contribution in [0.4, 0.5) is 0 Å². The van der Waals surface area contributed by atoms with Crippen molar-refractivity contribution in [3.05, 3.63) is 29.8 Å². The Balaban J connectivity index is 1.88. The molecule has 1 saturated heterocycles. The summed E-state index contributed by atoms with van der Waals surface area (Å²) >= 11 is 0. The minimum Gasteiger partial charge on any atom is -0.497 e. The van der Waals surface area contributed by atoms with Gasteiger partial charge in [0, 0.05) is 32.6 Å². The highest BCUT2D eigenvalue weighted by Crippen LogP contribution is 2.26. The predicted molar refractivity (Wildman–Crippen MR) is 118 cm³/mol. The van der Waals surface area contributed by atoms with E-state index in [1.807, 2.05) is 19.1 Å². The molecular formula is C22H37N5O2. The summed E-state index contributed by atoms with van der Waals surface area (Å²) < 4.78 is 5.29. The minimum atomic E-state index is 0.0653. The zero-order valence-electron chi connectivity index (χ0n) is 18.3. The van der Waals surface area contributed by atoms with Gasteiger partial charge in [0.2, 0.25) is 5.91 Å². The molecule has 0 aromatic heterocycles. The van der Waals surface area contributed by atoms with Crippen LogP contribution in [0.1, 0.15) is 51.1 Å². The quantitative estimate of drug-likeness (QED) is 0.413. The second kappa shape index (κ2) is 12.3. The fraction of sp³-hybridized carbons (Fsp3) is 0.636. The topological polar surface area (TPSA) is 78.0 Å². The van der Waals surface area contributed by atoms with E-state index in [-0.39, 0.29) is 18.0 Å². The molecule has 0 bridgehead atoms. The van der Waals surface area contributed by atoms with E-state index < -0.39 is 0 Å². The first-order valence-electron chi connectivity index (χ1n) is 10.7. The van der Waals surface area contributed by atoms with Crippen molar-refractivity contribution in [2.45, 2.75) is 51.6 Å². The molecule has 2 atom stereocenters. The van der Waals surface area contributed by atoms with Crippen molar-refractivity contribution in [1.82, 2.24) is 20.9 Å². The van der Waals surface area contributed by atoms with E-state index in [1.54, 1.807) is 14.2 Å². The van der Waals surface area contributed by atoms with Crippen LogP contribution in [-0.4, -0.2) is 63.1 Å². The number of benzene rings is 1. The molecule has 0 radical (unpaired) electrons. The number of guanidine groups is 1. The number of methoxy groups -OCH3 is 1. The lowest BCUT2D eigenvalue weighted by atomic mass is 10.1. The molecule has 2 rings (SSSR count). The monoisotopic (exact) mass is 403 g/mol. The van der Waals surface area contributed by atoms with Crippen LogP contribution in [0.25, 0.3) is 0 Å². The Kier molecular flexibility index (Phi) is 9.77. The standard InChI is InChI=1S/C22H37N5O2/c1-5-17(2)26-21(28)12-13-24-22(23-3)25-16-20(27-14-6-7-15-27)18-8-10-19(29-4)11-9-18/h8-11,17,20H,5-7,12-16H2,1-4H3,(H,26,28)(H2,23,24,25). The van der Waals surface area contributed by atoms with Gasteiger partial charge in [0.25, 0.3) is 0 Å². The number of carbonyl (C=O) groups excluding carboxylic acids is 1. The zero-order valence-corrected chi connectivity index (χ0v) is 18.3. The Bertz CT molecular complexity index is 641. The largest absolute Gasteiger partial charge is 0.497 e. The van der Waals surface area contributed by atoms with Gasteiger partial charge in [-0.15, -0.1) is 0 Å². The van der Waals surface area contributed by atoms with Crippen molar-refractivity contribution >= 4 is 11.9 Å². The normalized spacial score (nSPS) is 16.9. The molecule has 1 aromatic rings. The van der Waals surface area contributed by atoms with Gasteiger partial charge in [-0.3, -0.25) is 14.7 Å². The third-order valence-electron chi connectivity index (χ3n) is 5.43. The summed E-state index contributed by atoms with van der Waals surface area (Å²) in [7, 11) is 3.44. The Morgan fingerprint density at radius 1 is 1.21 bits per heavy atom. The van der Waals surface area contributed by atoms with Crippen LogP contribution in [0, 0.1) is 0 Å². The molecule has 0 aliphatic carbocycles. The molecule has 1 aliphatic heterocycles. The Hall–Kier alpha value is -2.28. The maximum Gasteiger partial charge on any atom is 0.221 e. The lowest BCUT2D eigenvalue weighted by molar-refractivity contribution is -0.121. The van der Waals surface area contributed by atoms with Crippen LogP contribution in [0.2, 0.25) is 0 Å². The van der Waals surface area contributed by atoms with E-state index in [2.05, 4.69) is 44.9 Å². The van der Waals surface area contributed by atoms with Gasteiger partial charge >= 0.3 is 0 Å². The number of hydrogen-bond acceptors (Lipinski definition) is 4. The van der Waals surface area contributed by atoms with Gasteiger partial charge in [-0.05, 0) is 57.0 Å². The second-order valence-electron chi connectivity index (χ2n) is 7.54. The van der Waals surface area contributed by atoms with Crippen molar-refractivity contribution < 1.29 is 9.53 Å². The van der Waals surface area contributed by atoms with E-state index in [0.717, 1.165) is 37.8 Å². The van der Waals surface area contributed by atoms with Gasteiger partial charge < -0.3 is 20.7 Å². The molecule has 3 N–H and O–H groups in total. The first-order chi connectivity index (χ1) is 14.1. The number of rotatable bonds is 10. The van der Waals surface area contributed by atoms with Crippen LogP contribution < -0.4 is 20.7 Å². The number of ether oxygens (including phenoxy) is 1. The van der Waals surface area contributed by atoms with Gasteiger partial charge in [0.1, 0.15) is 5.75 Å². The summed E-state index contributed by atoms with van der Waals surface area (Å²) in [5.41, 5.74) is 1.27. The number of nitrogens with zero attached hydrogens (tertiary/aromatic N) is 2. The number of amides is 1. The lowest BCUT2D eigenvalue weighted by Crippen LogP contribution is -2.44. The van der Waals surface area contributed by atoms with Crippen molar-refractivity contribution in [3.8, 4) is 5.75 Å². The van der Waals surface area contributed by atoms with E-state index in [4.69, 9.17) is 4.74 Å². The molecule has 7 nitrogen and oxygen atoms in total. The summed E-state index contributed by atoms with van der Waals surface area (Å²) in [5.74, 6) is 1.66. The summed E-state index contributed by atoms with van der Waals surface area (Å²) in [6, 6.07) is 8.79. The number of aliphatic imine (C=N–C) groups is 1. The van der Waals surface area contributed by atoms with Gasteiger partial charge in [0.15, 0.2) is 5.96 Å². The average molecular weight is 404 g/mol. The molecular weight excluding hydrogens is 366 g/mol. The van der Waals surface area contributed by atoms with Crippen molar-refractivity contribution in [2.24, 2.45) is 4.99 Å². The second-order valence-corrected chi connectivity index (χ2v) is 7.54. The number of hydrogen-bond donors (Lipinski definition) is 3. The van der Waals surface area contributed by atoms with E-state index in [1.165, 1.54) is 18.4 Å². The molecule has 1 aliphatic rings. The molecule has 7 heteroatoms. The molecule has 1 fully saturated rings. The number of nitrogens with one attached hydrogen (secondary N) is 3. The SMILES string of the molecule is CCC(C)NC(=O)CCNC(=NC)NCC(c1ccc(OC)cc1)N1CCCC1. The van der Waals surface area contributed by atoms with Crippen molar-refractivity contribution in [2.75, 3.05) is 40.3 Å². The smallest absolute Gasteiger partial charge is 0.221 e. The van der Waals surface area contributed by atoms with Crippen LogP contribution in [0.5, 0.6) is 5.75 Å². The van der Waals surface area contributed by atoms with Crippen molar-refractivity contribution in [1.29, 1.82) is 0 Å². The van der Waals surface area contributed by atoms with E-state index >= 15 is 0 Å². The first-order valence-corrected chi connectivity index (χ1v) is 10.7. The Labute approximate surface area is 175 Å². The van der Waals surface area contributed by atoms with Crippen LogP contribution in [0.3, 0.4) is 0 Å². The molecule has 1 heterocycles. The van der Waals surface area contributed by atoms with Crippen LogP contribution in [-0.2, 0) is 4.79 Å². The third kappa shape index (κ3) is 7.57. The Morgan fingerprint density at radius 2 is 1.90 bits per heavy atom. The molecule has 2 unspecified atom stereocenters. The molecule has 0 saturated carbocycles. The summed E-state index contributed by atoms with van der Waals surface area (Å²) in [4.78, 5) is 18.8. The molecule has 1 aromatic carbocycles. The predicted octanol–water partition coefficient (Wildman–Crippen LogP) is 2.30. The van der Waals surface area contributed by atoms with Gasteiger partial charge in [0.05, 0.1) is 13.2 Å². The summed E-state index contributed by atoms with van der Waals surface area (Å²) in [6.45, 7) is 7.61. The summed E-state index contributed by atoms with van der Waals surface area (Å²) in [5, 5.41) is 9.66.